The van der Waals surface area contributed by atoms with Crippen LogP contribution >= 0.6 is 11.6 Å². The average molecular weight is 201 g/mol. The fraction of sp³-hybridized carbons (Fsp3) is 0.455. The summed E-state index contributed by atoms with van der Waals surface area (Å²) in [7, 11) is 0. The first-order valence-corrected chi connectivity index (χ1v) is 4.78. The van der Waals surface area contributed by atoms with Crippen LogP contribution in [0.2, 0.25) is 5.02 Å². The Morgan fingerprint density at radius 1 is 1.31 bits per heavy atom. The van der Waals surface area contributed by atoms with Crippen LogP contribution in [-0.4, -0.2) is 0 Å². The minimum atomic E-state index is -0.273. The Kier molecular flexibility index (Phi) is 2.97. The van der Waals surface area contributed by atoms with Crippen molar-refractivity contribution in [1.82, 2.24) is 0 Å². The van der Waals surface area contributed by atoms with E-state index in [1.54, 1.807) is 6.92 Å². The van der Waals surface area contributed by atoms with E-state index in [0.717, 1.165) is 11.1 Å². The van der Waals surface area contributed by atoms with E-state index in [2.05, 4.69) is 0 Å². The number of hydrogen-bond acceptors (Lipinski definition) is 0. The summed E-state index contributed by atoms with van der Waals surface area (Å²) in [6.45, 7) is 7.67. The van der Waals surface area contributed by atoms with Gasteiger partial charge in [-0.1, -0.05) is 31.5 Å². The van der Waals surface area contributed by atoms with Crippen molar-refractivity contribution in [3.8, 4) is 0 Å². The molecule has 0 aromatic heterocycles. The molecule has 0 aliphatic carbocycles. The number of rotatable bonds is 1. The van der Waals surface area contributed by atoms with Gasteiger partial charge in [-0.25, -0.2) is 4.39 Å². The topological polar surface area (TPSA) is 0 Å². The van der Waals surface area contributed by atoms with Gasteiger partial charge in [-0.15, -0.1) is 0 Å². The van der Waals surface area contributed by atoms with E-state index in [9.17, 15) is 4.39 Å². The Hall–Kier alpha value is -0.560. The molecule has 13 heavy (non-hydrogen) atoms. The standard InChI is InChI=1S/C11H14ClF/c1-6(2)9-5-7(3)8(4)11(13)10(9)12/h5-6H,1-4H3. The van der Waals surface area contributed by atoms with Gasteiger partial charge in [0.25, 0.3) is 0 Å². The molecule has 0 bridgehead atoms. The van der Waals surface area contributed by atoms with Crippen molar-refractivity contribution >= 4 is 11.6 Å². The molecule has 72 valence electrons. The maximum absolute atomic E-state index is 13.5. The van der Waals surface area contributed by atoms with Crippen LogP contribution in [0.1, 0.15) is 36.5 Å². The lowest BCUT2D eigenvalue weighted by atomic mass is 9.98. The van der Waals surface area contributed by atoms with E-state index in [1.165, 1.54) is 0 Å². The molecule has 0 nitrogen and oxygen atoms in total. The fourth-order valence-electron chi connectivity index (χ4n) is 1.29. The van der Waals surface area contributed by atoms with E-state index < -0.39 is 0 Å². The highest BCUT2D eigenvalue weighted by atomic mass is 35.5. The van der Waals surface area contributed by atoms with Crippen LogP contribution in [0.5, 0.6) is 0 Å². The average Bonchev–Trinajstić information content (AvgIpc) is 2.07. The summed E-state index contributed by atoms with van der Waals surface area (Å²) >= 11 is 5.89. The Bertz CT molecular complexity index is 329. The minimum absolute atomic E-state index is 0.265. The van der Waals surface area contributed by atoms with E-state index in [1.807, 2.05) is 26.8 Å². The van der Waals surface area contributed by atoms with E-state index in [4.69, 9.17) is 11.6 Å². The molecule has 1 rings (SSSR count). The first kappa shape index (κ1) is 10.5. The van der Waals surface area contributed by atoms with Crippen LogP contribution in [0, 0.1) is 19.7 Å². The molecule has 0 unspecified atom stereocenters. The van der Waals surface area contributed by atoms with Crippen molar-refractivity contribution in [2.75, 3.05) is 0 Å². The fourth-order valence-corrected chi connectivity index (χ4v) is 1.70. The van der Waals surface area contributed by atoms with Crippen molar-refractivity contribution in [3.05, 3.63) is 33.6 Å². The van der Waals surface area contributed by atoms with Gasteiger partial charge in [0.15, 0.2) is 0 Å². The second-order valence-corrected chi connectivity index (χ2v) is 4.07. The second kappa shape index (κ2) is 3.67. The third kappa shape index (κ3) is 1.86. The van der Waals surface area contributed by atoms with Gasteiger partial charge >= 0.3 is 0 Å². The summed E-state index contributed by atoms with van der Waals surface area (Å²) < 4.78 is 13.5. The highest BCUT2D eigenvalue weighted by Crippen LogP contribution is 2.30. The number of aryl methyl sites for hydroxylation is 1. The van der Waals surface area contributed by atoms with Gasteiger partial charge in [-0.05, 0) is 36.5 Å². The van der Waals surface area contributed by atoms with Gasteiger partial charge in [0.1, 0.15) is 5.82 Å². The van der Waals surface area contributed by atoms with Gasteiger partial charge < -0.3 is 0 Å². The normalized spacial score (nSPS) is 11.0. The second-order valence-electron chi connectivity index (χ2n) is 3.69. The Morgan fingerprint density at radius 2 is 1.85 bits per heavy atom. The first-order chi connectivity index (χ1) is 5.95. The van der Waals surface area contributed by atoms with Crippen molar-refractivity contribution in [3.63, 3.8) is 0 Å². The van der Waals surface area contributed by atoms with Gasteiger partial charge in [-0.2, -0.15) is 0 Å². The molecule has 1 aromatic carbocycles. The zero-order chi connectivity index (χ0) is 10.2. The molecular weight excluding hydrogens is 187 g/mol. The highest BCUT2D eigenvalue weighted by Gasteiger charge is 2.13. The zero-order valence-electron chi connectivity index (χ0n) is 8.41. The molecule has 0 saturated heterocycles. The smallest absolute Gasteiger partial charge is 0.145 e. The third-order valence-corrected chi connectivity index (χ3v) is 2.75. The number of benzene rings is 1. The summed E-state index contributed by atoms with van der Waals surface area (Å²) in [5.74, 6) is -0.00772. The number of hydrogen-bond donors (Lipinski definition) is 0. The third-order valence-electron chi connectivity index (χ3n) is 2.36. The lowest BCUT2D eigenvalue weighted by molar-refractivity contribution is 0.612. The van der Waals surface area contributed by atoms with Crippen molar-refractivity contribution < 1.29 is 4.39 Å². The quantitative estimate of drug-likeness (QED) is 0.637. The SMILES string of the molecule is Cc1cc(C(C)C)c(Cl)c(F)c1C. The van der Waals surface area contributed by atoms with Crippen molar-refractivity contribution in [1.29, 1.82) is 0 Å². The van der Waals surface area contributed by atoms with Crippen LogP contribution < -0.4 is 0 Å². The molecule has 0 aliphatic heterocycles. The molecule has 0 heterocycles. The molecule has 0 atom stereocenters. The molecular formula is C11H14ClF. The largest absolute Gasteiger partial charge is 0.205 e. The molecule has 2 heteroatoms. The van der Waals surface area contributed by atoms with Crippen molar-refractivity contribution in [2.45, 2.75) is 33.6 Å². The molecule has 0 spiro atoms. The van der Waals surface area contributed by atoms with Crippen LogP contribution in [0.25, 0.3) is 0 Å². The van der Waals surface area contributed by atoms with E-state index in [0.29, 0.717) is 5.56 Å². The maximum Gasteiger partial charge on any atom is 0.145 e. The molecule has 0 saturated carbocycles. The monoisotopic (exact) mass is 200 g/mol. The molecule has 0 radical (unpaired) electrons. The van der Waals surface area contributed by atoms with E-state index >= 15 is 0 Å². The molecule has 0 fully saturated rings. The van der Waals surface area contributed by atoms with Crippen LogP contribution in [-0.2, 0) is 0 Å². The Morgan fingerprint density at radius 3 is 2.31 bits per heavy atom. The maximum atomic E-state index is 13.5. The summed E-state index contributed by atoms with van der Waals surface area (Å²) in [5, 5.41) is 0.276. The Balaban J connectivity index is 3.41. The van der Waals surface area contributed by atoms with Gasteiger partial charge in [0, 0.05) is 0 Å². The summed E-state index contributed by atoms with van der Waals surface area (Å²) in [6, 6.07) is 1.96. The van der Waals surface area contributed by atoms with Gasteiger partial charge in [0.05, 0.1) is 5.02 Å². The van der Waals surface area contributed by atoms with E-state index in [-0.39, 0.29) is 16.8 Å². The lowest BCUT2D eigenvalue weighted by Crippen LogP contribution is -1.97. The molecule has 0 amide bonds. The van der Waals surface area contributed by atoms with Crippen LogP contribution in [0.4, 0.5) is 4.39 Å². The molecule has 0 aliphatic rings. The van der Waals surface area contributed by atoms with Gasteiger partial charge in [0.2, 0.25) is 0 Å². The van der Waals surface area contributed by atoms with Gasteiger partial charge in [-0.3, -0.25) is 0 Å². The summed E-state index contributed by atoms with van der Waals surface area (Å²) in [6.07, 6.45) is 0. The minimum Gasteiger partial charge on any atom is -0.205 e. The molecule has 0 N–H and O–H groups in total. The summed E-state index contributed by atoms with van der Waals surface area (Å²) in [5.41, 5.74) is 2.50. The van der Waals surface area contributed by atoms with Crippen LogP contribution in [0.15, 0.2) is 6.07 Å². The Labute approximate surface area is 83.7 Å². The van der Waals surface area contributed by atoms with Crippen molar-refractivity contribution in [2.24, 2.45) is 0 Å². The lowest BCUT2D eigenvalue weighted by Gasteiger charge is -2.12. The highest BCUT2D eigenvalue weighted by molar-refractivity contribution is 6.31. The predicted octanol–water partition coefficient (Wildman–Crippen LogP) is 4.22. The number of halogens is 2. The predicted molar refractivity (Wildman–Crippen MR) is 55.0 cm³/mol. The van der Waals surface area contributed by atoms with Crippen LogP contribution in [0.3, 0.4) is 0 Å². The summed E-state index contributed by atoms with van der Waals surface area (Å²) in [4.78, 5) is 0. The first-order valence-electron chi connectivity index (χ1n) is 4.40. The zero-order valence-corrected chi connectivity index (χ0v) is 9.17. The molecule has 1 aromatic rings.